The second kappa shape index (κ2) is 15.5. The van der Waals surface area contributed by atoms with E-state index in [1.165, 1.54) is 95.5 Å². The highest BCUT2D eigenvalue weighted by atomic mass is 19.1. The molecular formula is C37H58FNO. The molecule has 3 fully saturated rings. The minimum absolute atomic E-state index is 0.0457. The third kappa shape index (κ3) is 8.68. The Morgan fingerprint density at radius 3 is 1.95 bits per heavy atom. The second-order valence-corrected chi connectivity index (χ2v) is 14.0. The van der Waals surface area contributed by atoms with Crippen molar-refractivity contribution in [3.05, 3.63) is 47.3 Å². The first-order chi connectivity index (χ1) is 19.4. The Kier molecular flexibility index (Phi) is 12.2. The fourth-order valence-corrected chi connectivity index (χ4v) is 8.49. The molecule has 3 aliphatic rings. The third-order valence-electron chi connectivity index (χ3n) is 11.1. The maximum Gasteiger partial charge on any atom is 0.248 e. The number of halogens is 1. The SMILES string of the molecule is C=C(C)C(=O)N(C)CCCC1CCC(c2ccc(C3CCC(C4CCC(CCCCC)CC4)CC3)cc2F)CC1. The van der Waals surface area contributed by atoms with Crippen molar-refractivity contribution in [3.63, 3.8) is 0 Å². The van der Waals surface area contributed by atoms with Crippen molar-refractivity contribution >= 4 is 5.91 Å². The molecular weight excluding hydrogens is 493 g/mol. The monoisotopic (exact) mass is 551 g/mol. The van der Waals surface area contributed by atoms with Crippen molar-refractivity contribution < 1.29 is 9.18 Å². The first-order valence-corrected chi connectivity index (χ1v) is 17.1. The van der Waals surface area contributed by atoms with Crippen LogP contribution in [0.15, 0.2) is 30.4 Å². The summed E-state index contributed by atoms with van der Waals surface area (Å²) in [5.41, 5.74) is 2.81. The number of amides is 1. The molecule has 0 radical (unpaired) electrons. The molecule has 3 saturated carbocycles. The lowest BCUT2D eigenvalue weighted by Crippen LogP contribution is -2.28. The van der Waals surface area contributed by atoms with Crippen LogP contribution in [-0.4, -0.2) is 24.4 Å². The summed E-state index contributed by atoms with van der Waals surface area (Å²) in [6, 6.07) is 6.31. The van der Waals surface area contributed by atoms with Gasteiger partial charge in [-0.3, -0.25) is 4.79 Å². The van der Waals surface area contributed by atoms with Gasteiger partial charge in [0.25, 0.3) is 0 Å². The summed E-state index contributed by atoms with van der Waals surface area (Å²) in [4.78, 5) is 13.8. The van der Waals surface area contributed by atoms with E-state index in [-0.39, 0.29) is 11.7 Å². The molecule has 0 bridgehead atoms. The van der Waals surface area contributed by atoms with Crippen LogP contribution in [0.1, 0.15) is 152 Å². The molecule has 1 aromatic rings. The van der Waals surface area contributed by atoms with E-state index < -0.39 is 0 Å². The van der Waals surface area contributed by atoms with Gasteiger partial charge in [-0.1, -0.05) is 64.2 Å². The van der Waals surface area contributed by atoms with Gasteiger partial charge in [0.1, 0.15) is 5.82 Å². The lowest BCUT2D eigenvalue weighted by molar-refractivity contribution is -0.125. The molecule has 4 rings (SSSR count). The highest BCUT2D eigenvalue weighted by molar-refractivity contribution is 5.91. The maximum absolute atomic E-state index is 15.4. The van der Waals surface area contributed by atoms with E-state index in [1.807, 2.05) is 13.1 Å². The summed E-state index contributed by atoms with van der Waals surface area (Å²) >= 11 is 0. The second-order valence-electron chi connectivity index (χ2n) is 14.0. The Bertz CT molecular complexity index is 931. The molecule has 0 unspecified atom stereocenters. The molecule has 0 spiro atoms. The summed E-state index contributed by atoms with van der Waals surface area (Å²) in [5.74, 6) is 4.59. The molecule has 0 atom stereocenters. The number of carbonyl (C=O) groups excluding carboxylic acids is 1. The summed E-state index contributed by atoms with van der Waals surface area (Å²) < 4.78 is 15.4. The van der Waals surface area contributed by atoms with E-state index in [1.54, 1.807) is 11.8 Å². The van der Waals surface area contributed by atoms with Gasteiger partial charge in [-0.05, 0) is 137 Å². The van der Waals surface area contributed by atoms with Crippen molar-refractivity contribution in [2.45, 2.75) is 141 Å². The fraction of sp³-hybridized carbons (Fsp3) is 0.757. The third-order valence-corrected chi connectivity index (χ3v) is 11.1. The molecule has 224 valence electrons. The van der Waals surface area contributed by atoms with Crippen molar-refractivity contribution in [2.24, 2.45) is 23.7 Å². The van der Waals surface area contributed by atoms with Gasteiger partial charge >= 0.3 is 0 Å². The topological polar surface area (TPSA) is 20.3 Å². The maximum atomic E-state index is 15.4. The zero-order valence-corrected chi connectivity index (χ0v) is 26.1. The lowest BCUT2D eigenvalue weighted by atomic mass is 9.68. The molecule has 40 heavy (non-hydrogen) atoms. The van der Waals surface area contributed by atoms with Gasteiger partial charge in [0, 0.05) is 19.2 Å². The minimum atomic E-state index is 0.0457. The van der Waals surface area contributed by atoms with Crippen LogP contribution in [0, 0.1) is 29.5 Å². The van der Waals surface area contributed by atoms with Gasteiger partial charge in [0.15, 0.2) is 0 Å². The molecule has 0 N–H and O–H groups in total. The van der Waals surface area contributed by atoms with Crippen LogP contribution in [0.2, 0.25) is 0 Å². The van der Waals surface area contributed by atoms with Crippen LogP contribution in [0.4, 0.5) is 4.39 Å². The number of unbranched alkanes of at least 4 members (excludes halogenated alkanes) is 2. The molecule has 0 saturated heterocycles. The van der Waals surface area contributed by atoms with E-state index in [0.29, 0.717) is 23.3 Å². The number of likely N-dealkylation sites (N-methyl/N-ethyl adjacent to an activating group) is 1. The van der Waals surface area contributed by atoms with E-state index in [4.69, 9.17) is 0 Å². The van der Waals surface area contributed by atoms with Crippen LogP contribution in [0.5, 0.6) is 0 Å². The smallest absolute Gasteiger partial charge is 0.248 e. The quantitative estimate of drug-likeness (QED) is 0.187. The van der Waals surface area contributed by atoms with Gasteiger partial charge in [-0.25, -0.2) is 4.39 Å². The molecule has 1 amide bonds. The summed E-state index contributed by atoms with van der Waals surface area (Å²) in [5, 5.41) is 0. The summed E-state index contributed by atoms with van der Waals surface area (Å²) in [6.07, 6.45) is 23.4. The molecule has 0 heterocycles. The van der Waals surface area contributed by atoms with E-state index in [2.05, 4.69) is 25.6 Å². The predicted molar refractivity (Wildman–Crippen MR) is 167 cm³/mol. The van der Waals surface area contributed by atoms with Gasteiger partial charge in [0.05, 0.1) is 0 Å². The summed E-state index contributed by atoms with van der Waals surface area (Å²) in [7, 11) is 1.87. The van der Waals surface area contributed by atoms with Crippen LogP contribution >= 0.6 is 0 Å². The van der Waals surface area contributed by atoms with Crippen molar-refractivity contribution in [1.82, 2.24) is 4.90 Å². The average molecular weight is 552 g/mol. The fourth-order valence-electron chi connectivity index (χ4n) is 8.49. The van der Waals surface area contributed by atoms with Gasteiger partial charge in [-0.15, -0.1) is 0 Å². The first-order valence-electron chi connectivity index (χ1n) is 17.1. The first kappa shape index (κ1) is 31.3. The molecule has 0 aliphatic heterocycles. The zero-order valence-electron chi connectivity index (χ0n) is 26.1. The summed E-state index contributed by atoms with van der Waals surface area (Å²) in [6.45, 7) is 8.64. The van der Waals surface area contributed by atoms with Crippen molar-refractivity contribution in [3.8, 4) is 0 Å². The molecule has 1 aromatic carbocycles. The molecule has 3 heteroatoms. The van der Waals surface area contributed by atoms with Gasteiger partial charge < -0.3 is 4.90 Å². The number of benzene rings is 1. The lowest BCUT2D eigenvalue weighted by Gasteiger charge is -2.38. The van der Waals surface area contributed by atoms with E-state index in [9.17, 15) is 4.79 Å². The van der Waals surface area contributed by atoms with Crippen LogP contribution in [0.3, 0.4) is 0 Å². The zero-order chi connectivity index (χ0) is 28.5. The van der Waals surface area contributed by atoms with E-state index in [0.717, 1.165) is 55.5 Å². The average Bonchev–Trinajstić information content (AvgIpc) is 2.97. The highest BCUT2D eigenvalue weighted by Gasteiger charge is 2.32. The van der Waals surface area contributed by atoms with Crippen LogP contribution < -0.4 is 0 Å². The normalized spacial score (nSPS) is 29.2. The highest BCUT2D eigenvalue weighted by Crippen LogP contribution is 2.45. The van der Waals surface area contributed by atoms with Crippen molar-refractivity contribution in [2.75, 3.05) is 13.6 Å². The largest absolute Gasteiger partial charge is 0.342 e. The van der Waals surface area contributed by atoms with Crippen LogP contribution in [0.25, 0.3) is 0 Å². The van der Waals surface area contributed by atoms with E-state index >= 15 is 4.39 Å². The number of hydrogen-bond acceptors (Lipinski definition) is 1. The number of nitrogens with zero attached hydrogens (tertiary/aromatic N) is 1. The molecule has 2 nitrogen and oxygen atoms in total. The Morgan fingerprint density at radius 1 is 0.825 bits per heavy atom. The Balaban J connectivity index is 1.17. The minimum Gasteiger partial charge on any atom is -0.342 e. The Labute approximate surface area is 245 Å². The Hall–Kier alpha value is -1.64. The van der Waals surface area contributed by atoms with Gasteiger partial charge in [0.2, 0.25) is 5.91 Å². The number of hydrogen-bond donors (Lipinski definition) is 0. The van der Waals surface area contributed by atoms with Gasteiger partial charge in [-0.2, -0.15) is 0 Å². The van der Waals surface area contributed by atoms with Crippen LogP contribution in [-0.2, 0) is 4.79 Å². The number of carbonyl (C=O) groups is 1. The molecule has 3 aliphatic carbocycles. The number of rotatable bonds is 12. The Morgan fingerprint density at radius 2 is 1.38 bits per heavy atom. The van der Waals surface area contributed by atoms with Crippen molar-refractivity contribution in [1.29, 1.82) is 0 Å². The predicted octanol–water partition coefficient (Wildman–Crippen LogP) is 10.6. The molecule has 0 aromatic heterocycles. The standard InChI is InChI=1S/C37H58FNO/c1-5-6-7-9-28-11-15-30(16-12-28)31-19-21-32(22-20-31)34-23-24-35(36(38)26-34)33-17-13-29(14-18-33)10-8-25-39(4)37(40)27(2)3/h23-24,26,28-33H,2,5-22,25H2,1,3-4H3.